The predicted octanol–water partition coefficient (Wildman–Crippen LogP) is 3.09. The van der Waals surface area contributed by atoms with Gasteiger partial charge in [0, 0.05) is 12.1 Å². The van der Waals surface area contributed by atoms with Crippen molar-refractivity contribution in [3.05, 3.63) is 53.7 Å². The van der Waals surface area contributed by atoms with Crippen molar-refractivity contribution in [3.8, 4) is 0 Å². The Morgan fingerprint density at radius 2 is 2.08 bits per heavy atom. The average Bonchev–Trinajstić information content (AvgIpc) is 2.98. The van der Waals surface area contributed by atoms with E-state index in [-0.39, 0.29) is 18.2 Å². The smallest absolute Gasteiger partial charge is 0.407 e. The van der Waals surface area contributed by atoms with E-state index in [1.165, 1.54) is 0 Å². The summed E-state index contributed by atoms with van der Waals surface area (Å²) in [4.78, 5) is 16.0. The van der Waals surface area contributed by atoms with Gasteiger partial charge in [0.1, 0.15) is 12.4 Å². The van der Waals surface area contributed by atoms with Crippen LogP contribution in [0.25, 0.3) is 0 Å². The van der Waals surface area contributed by atoms with E-state index in [2.05, 4.69) is 15.6 Å². The fourth-order valence-electron chi connectivity index (χ4n) is 2.80. The molecular formula is C18H23N3O3. The molecule has 0 bridgehead atoms. The lowest BCUT2D eigenvalue weighted by Crippen LogP contribution is -2.52. The molecule has 0 saturated heterocycles. The Kier molecular flexibility index (Phi) is 5.15. The summed E-state index contributed by atoms with van der Waals surface area (Å²) < 4.78 is 10.7. The van der Waals surface area contributed by atoms with Crippen molar-refractivity contribution < 1.29 is 13.9 Å². The molecule has 1 aliphatic rings. The van der Waals surface area contributed by atoms with E-state index in [1.54, 1.807) is 6.20 Å². The molecule has 128 valence electrons. The fraction of sp³-hybridized carbons (Fsp3) is 0.444. The van der Waals surface area contributed by atoms with Crippen molar-refractivity contribution in [3.63, 3.8) is 0 Å². The van der Waals surface area contributed by atoms with Crippen LogP contribution < -0.4 is 10.6 Å². The van der Waals surface area contributed by atoms with Crippen LogP contribution in [0.5, 0.6) is 0 Å². The predicted molar refractivity (Wildman–Crippen MR) is 89.4 cm³/mol. The quantitative estimate of drug-likeness (QED) is 0.851. The lowest BCUT2D eigenvalue weighted by Gasteiger charge is -2.37. The van der Waals surface area contributed by atoms with Crippen molar-refractivity contribution >= 4 is 6.09 Å². The van der Waals surface area contributed by atoms with Crippen LogP contribution in [-0.2, 0) is 11.3 Å². The minimum absolute atomic E-state index is 0.0645. The monoisotopic (exact) mass is 329 g/mol. The van der Waals surface area contributed by atoms with Gasteiger partial charge in [-0.05, 0) is 32.3 Å². The molecule has 0 aliphatic heterocycles. The topological polar surface area (TPSA) is 76.4 Å². The molecule has 1 unspecified atom stereocenters. The average molecular weight is 329 g/mol. The molecule has 0 spiro atoms. The second-order valence-electron chi connectivity index (χ2n) is 6.27. The lowest BCUT2D eigenvalue weighted by molar-refractivity contribution is 0.124. The number of oxazole rings is 1. The van der Waals surface area contributed by atoms with Crippen LogP contribution in [-0.4, -0.2) is 23.2 Å². The van der Waals surface area contributed by atoms with Crippen molar-refractivity contribution in [1.29, 1.82) is 0 Å². The first-order valence-electron chi connectivity index (χ1n) is 8.25. The largest absolute Gasteiger partial charge is 0.445 e. The van der Waals surface area contributed by atoms with Gasteiger partial charge in [-0.25, -0.2) is 9.78 Å². The molecule has 6 heteroatoms. The molecule has 1 aliphatic carbocycles. The summed E-state index contributed by atoms with van der Waals surface area (Å²) in [7, 11) is 0. The van der Waals surface area contributed by atoms with Crippen LogP contribution in [0.2, 0.25) is 0 Å². The number of nitrogens with one attached hydrogen (secondary N) is 2. The molecule has 24 heavy (non-hydrogen) atoms. The Hall–Kier alpha value is -2.34. The number of rotatable bonds is 6. The molecule has 3 rings (SSSR count). The molecule has 2 N–H and O–H groups in total. The minimum atomic E-state index is -0.362. The standard InChI is InChI=1S/C18H23N3O3/c1-12-10-19-17(24-12)13(2)20-15-8-16(9-15)21-18(22)23-11-14-6-4-3-5-7-14/h3-7,10,13,15-16,20H,8-9,11H2,1-2H3,(H,21,22). The zero-order valence-electron chi connectivity index (χ0n) is 14.0. The number of ether oxygens (including phenoxy) is 1. The van der Waals surface area contributed by atoms with E-state index in [9.17, 15) is 4.79 Å². The molecule has 1 fully saturated rings. The fourth-order valence-corrected chi connectivity index (χ4v) is 2.80. The van der Waals surface area contributed by atoms with E-state index >= 15 is 0 Å². The number of benzene rings is 1. The van der Waals surface area contributed by atoms with Gasteiger partial charge < -0.3 is 19.8 Å². The van der Waals surface area contributed by atoms with E-state index < -0.39 is 0 Å². The van der Waals surface area contributed by atoms with Crippen molar-refractivity contribution in [2.45, 2.75) is 51.4 Å². The number of hydrogen-bond donors (Lipinski definition) is 2. The Morgan fingerprint density at radius 1 is 1.33 bits per heavy atom. The molecule has 1 amide bonds. The second-order valence-corrected chi connectivity index (χ2v) is 6.27. The molecule has 1 atom stereocenters. The zero-order valence-corrected chi connectivity index (χ0v) is 14.0. The number of nitrogens with zero attached hydrogens (tertiary/aromatic N) is 1. The highest BCUT2D eigenvalue weighted by Crippen LogP contribution is 2.24. The van der Waals surface area contributed by atoms with E-state index in [0.29, 0.717) is 18.5 Å². The number of carbonyl (C=O) groups is 1. The maximum absolute atomic E-state index is 11.8. The molecule has 6 nitrogen and oxygen atoms in total. The number of carbonyl (C=O) groups excluding carboxylic acids is 1. The molecule has 1 aromatic heterocycles. The van der Waals surface area contributed by atoms with E-state index in [1.807, 2.05) is 44.2 Å². The van der Waals surface area contributed by atoms with Crippen molar-refractivity contribution in [1.82, 2.24) is 15.6 Å². The summed E-state index contributed by atoms with van der Waals surface area (Å²) in [6.45, 7) is 4.20. The first kappa shape index (κ1) is 16.5. The van der Waals surface area contributed by atoms with Gasteiger partial charge in [0.2, 0.25) is 5.89 Å². The van der Waals surface area contributed by atoms with Gasteiger partial charge in [-0.15, -0.1) is 0 Å². The van der Waals surface area contributed by atoms with Crippen molar-refractivity contribution in [2.24, 2.45) is 0 Å². The van der Waals surface area contributed by atoms with Crippen LogP contribution in [0.4, 0.5) is 4.79 Å². The third kappa shape index (κ3) is 4.35. The highest BCUT2D eigenvalue weighted by atomic mass is 16.5. The van der Waals surface area contributed by atoms with Crippen LogP contribution >= 0.6 is 0 Å². The Balaban J connectivity index is 1.34. The maximum Gasteiger partial charge on any atom is 0.407 e. The van der Waals surface area contributed by atoms with Crippen LogP contribution in [0.3, 0.4) is 0 Å². The van der Waals surface area contributed by atoms with Gasteiger partial charge in [-0.1, -0.05) is 30.3 Å². The number of alkyl carbamates (subject to hydrolysis) is 1. The highest BCUT2D eigenvalue weighted by molar-refractivity contribution is 5.67. The number of amides is 1. The Labute approximate surface area is 141 Å². The van der Waals surface area contributed by atoms with Gasteiger partial charge in [-0.3, -0.25) is 0 Å². The molecule has 2 aromatic rings. The summed E-state index contributed by atoms with van der Waals surface area (Å²) in [6.07, 6.45) is 3.12. The van der Waals surface area contributed by atoms with Gasteiger partial charge >= 0.3 is 6.09 Å². The van der Waals surface area contributed by atoms with E-state index in [0.717, 1.165) is 24.2 Å². The highest BCUT2D eigenvalue weighted by Gasteiger charge is 2.32. The normalized spacial score (nSPS) is 20.9. The molecule has 0 radical (unpaired) electrons. The summed E-state index contributed by atoms with van der Waals surface area (Å²) >= 11 is 0. The van der Waals surface area contributed by atoms with Gasteiger partial charge in [0.25, 0.3) is 0 Å². The van der Waals surface area contributed by atoms with Gasteiger partial charge in [0.05, 0.1) is 12.2 Å². The van der Waals surface area contributed by atoms with Crippen LogP contribution in [0.15, 0.2) is 40.9 Å². The zero-order chi connectivity index (χ0) is 16.9. The number of aromatic nitrogens is 1. The van der Waals surface area contributed by atoms with Gasteiger partial charge in [0.15, 0.2) is 0 Å². The Bertz CT molecular complexity index is 665. The van der Waals surface area contributed by atoms with Crippen molar-refractivity contribution in [2.75, 3.05) is 0 Å². The summed E-state index contributed by atoms with van der Waals surface area (Å²) in [5, 5.41) is 6.35. The second kappa shape index (κ2) is 7.49. The molecule has 1 heterocycles. The summed E-state index contributed by atoms with van der Waals surface area (Å²) in [5.74, 6) is 1.51. The first-order chi connectivity index (χ1) is 11.6. The van der Waals surface area contributed by atoms with Crippen LogP contribution in [0, 0.1) is 6.92 Å². The van der Waals surface area contributed by atoms with Gasteiger partial charge in [-0.2, -0.15) is 0 Å². The summed E-state index contributed by atoms with van der Waals surface area (Å²) in [6, 6.07) is 10.2. The van der Waals surface area contributed by atoms with Crippen LogP contribution in [0.1, 0.15) is 43.0 Å². The van der Waals surface area contributed by atoms with E-state index in [4.69, 9.17) is 9.15 Å². The third-order valence-corrected chi connectivity index (χ3v) is 4.17. The number of aryl methyl sites for hydroxylation is 1. The Morgan fingerprint density at radius 3 is 2.75 bits per heavy atom. The molecule has 1 aromatic carbocycles. The maximum atomic E-state index is 11.8. The lowest BCUT2D eigenvalue weighted by atomic mass is 9.86. The minimum Gasteiger partial charge on any atom is -0.445 e. The first-order valence-corrected chi connectivity index (χ1v) is 8.25. The third-order valence-electron chi connectivity index (χ3n) is 4.17. The molecule has 1 saturated carbocycles. The summed E-state index contributed by atoms with van der Waals surface area (Å²) in [5.41, 5.74) is 0.982. The SMILES string of the molecule is Cc1cnc(C(C)NC2CC(NC(=O)OCc3ccccc3)C2)o1. The molecular weight excluding hydrogens is 306 g/mol. The number of hydrogen-bond acceptors (Lipinski definition) is 5.